The van der Waals surface area contributed by atoms with Crippen LogP contribution >= 0.6 is 15.9 Å². The molecule has 0 aliphatic rings. The summed E-state index contributed by atoms with van der Waals surface area (Å²) >= 11 is 3.10. The van der Waals surface area contributed by atoms with Gasteiger partial charge < -0.3 is 10.6 Å². The van der Waals surface area contributed by atoms with Crippen LogP contribution in [0.1, 0.15) is 11.5 Å². The molecule has 2 heterocycles. The van der Waals surface area contributed by atoms with Crippen molar-refractivity contribution in [2.75, 3.05) is 0 Å². The second kappa shape index (κ2) is 4.63. The summed E-state index contributed by atoms with van der Waals surface area (Å²) < 4.78 is 1.44. The summed E-state index contributed by atoms with van der Waals surface area (Å²) in [6, 6.07) is 0. The molecular weight excluding hydrogens is 296 g/mol. The van der Waals surface area contributed by atoms with E-state index in [-0.39, 0.29) is 29.1 Å². The van der Waals surface area contributed by atoms with Crippen molar-refractivity contribution in [2.45, 2.75) is 13.3 Å². The predicted octanol–water partition coefficient (Wildman–Crippen LogP) is -0.709. The molecule has 0 saturated heterocycles. The van der Waals surface area contributed by atoms with Gasteiger partial charge in [0.1, 0.15) is 16.7 Å². The highest BCUT2D eigenvalue weighted by molar-refractivity contribution is 9.10. The molecule has 0 atom stereocenters. The molecule has 0 unspecified atom stereocenters. The molecule has 0 bridgehead atoms. The lowest BCUT2D eigenvalue weighted by Crippen LogP contribution is -2.17. The van der Waals surface area contributed by atoms with E-state index in [1.165, 1.54) is 0 Å². The maximum atomic E-state index is 11.7. The average molecular weight is 305 g/mol. The average Bonchev–Trinajstić information content (AvgIpc) is 2.56. The van der Waals surface area contributed by atoms with E-state index < -0.39 is 5.97 Å². The molecule has 9 heteroatoms. The lowest BCUT2D eigenvalue weighted by Gasteiger charge is -1.95. The van der Waals surface area contributed by atoms with Gasteiger partial charge in [-0.2, -0.15) is 9.50 Å². The molecular formula is C8H9BrN4O4. The van der Waals surface area contributed by atoms with Crippen molar-refractivity contribution in [1.82, 2.24) is 19.6 Å². The van der Waals surface area contributed by atoms with Crippen molar-refractivity contribution in [3.05, 3.63) is 26.3 Å². The number of carbonyl (C=O) groups is 1. The van der Waals surface area contributed by atoms with Gasteiger partial charge in [0.25, 0.3) is 11.3 Å². The summed E-state index contributed by atoms with van der Waals surface area (Å²) in [7, 11) is 0. The number of aryl methyl sites for hydroxylation is 1. The summed E-state index contributed by atoms with van der Waals surface area (Å²) in [4.78, 5) is 30.1. The third-order valence-electron chi connectivity index (χ3n) is 1.97. The number of H-pyrrole nitrogens is 1. The van der Waals surface area contributed by atoms with Crippen LogP contribution in [0.4, 0.5) is 0 Å². The summed E-state index contributed by atoms with van der Waals surface area (Å²) in [5.74, 6) is -0.667. The maximum absolute atomic E-state index is 11.7. The van der Waals surface area contributed by atoms with E-state index in [4.69, 9.17) is 5.11 Å². The van der Waals surface area contributed by atoms with Gasteiger partial charge in [-0.25, -0.2) is 4.98 Å². The van der Waals surface area contributed by atoms with Gasteiger partial charge in [-0.1, -0.05) is 0 Å². The van der Waals surface area contributed by atoms with Gasteiger partial charge in [0, 0.05) is 0 Å². The highest BCUT2D eigenvalue weighted by Crippen LogP contribution is 2.08. The quantitative estimate of drug-likeness (QED) is 0.756. The van der Waals surface area contributed by atoms with Gasteiger partial charge in [-0.05, 0) is 22.9 Å². The molecule has 0 fully saturated rings. The first-order valence-corrected chi connectivity index (χ1v) is 5.14. The SMILES string of the molecule is Cc1nc2nc(CC(=O)O)[nH]n2c(=O)c1Br.O. The highest BCUT2D eigenvalue weighted by Gasteiger charge is 2.12. The maximum Gasteiger partial charge on any atom is 0.311 e. The van der Waals surface area contributed by atoms with Gasteiger partial charge >= 0.3 is 5.97 Å². The molecule has 0 aliphatic carbocycles. The van der Waals surface area contributed by atoms with E-state index in [2.05, 4.69) is 31.0 Å². The minimum atomic E-state index is -1.03. The number of carboxylic acid groups (broad SMARTS) is 1. The second-order valence-corrected chi connectivity index (χ2v) is 3.99. The number of fused-ring (bicyclic) bond motifs is 1. The minimum Gasteiger partial charge on any atom is -0.481 e. The number of nitrogens with zero attached hydrogens (tertiary/aromatic N) is 3. The molecule has 0 aliphatic heterocycles. The van der Waals surface area contributed by atoms with Crippen LogP contribution in [0, 0.1) is 6.92 Å². The van der Waals surface area contributed by atoms with Gasteiger partial charge in [0.15, 0.2) is 0 Å². The van der Waals surface area contributed by atoms with Gasteiger partial charge in [-0.3, -0.25) is 14.7 Å². The largest absolute Gasteiger partial charge is 0.481 e. The molecule has 8 nitrogen and oxygen atoms in total. The number of hydrogen-bond acceptors (Lipinski definition) is 4. The molecule has 0 radical (unpaired) electrons. The van der Waals surface area contributed by atoms with Crippen molar-refractivity contribution < 1.29 is 15.4 Å². The molecule has 0 saturated carbocycles. The molecule has 0 amide bonds. The number of aliphatic carboxylic acids is 1. The van der Waals surface area contributed by atoms with Crippen molar-refractivity contribution in [2.24, 2.45) is 0 Å². The highest BCUT2D eigenvalue weighted by atomic mass is 79.9. The van der Waals surface area contributed by atoms with Crippen molar-refractivity contribution >= 4 is 27.7 Å². The van der Waals surface area contributed by atoms with Crippen LogP contribution in [0.2, 0.25) is 0 Å². The molecule has 17 heavy (non-hydrogen) atoms. The van der Waals surface area contributed by atoms with Crippen LogP contribution in [-0.2, 0) is 11.2 Å². The lowest BCUT2D eigenvalue weighted by atomic mass is 10.4. The van der Waals surface area contributed by atoms with Crippen LogP contribution in [0.25, 0.3) is 5.78 Å². The van der Waals surface area contributed by atoms with E-state index >= 15 is 0 Å². The summed E-state index contributed by atoms with van der Waals surface area (Å²) in [5, 5.41) is 11.2. The smallest absolute Gasteiger partial charge is 0.311 e. The summed E-state index contributed by atoms with van der Waals surface area (Å²) in [6.07, 6.45) is -0.278. The van der Waals surface area contributed by atoms with Gasteiger partial charge in [-0.15, -0.1) is 0 Å². The predicted molar refractivity (Wildman–Crippen MR) is 61.0 cm³/mol. The number of aromatic amines is 1. The topological polar surface area (TPSA) is 132 Å². The summed E-state index contributed by atoms with van der Waals surface area (Å²) in [5.41, 5.74) is 0.171. The van der Waals surface area contributed by atoms with Crippen molar-refractivity contribution in [3.63, 3.8) is 0 Å². The molecule has 2 aromatic rings. The fourth-order valence-corrected chi connectivity index (χ4v) is 1.53. The Morgan fingerprint density at radius 1 is 1.53 bits per heavy atom. The zero-order valence-electron chi connectivity index (χ0n) is 8.69. The summed E-state index contributed by atoms with van der Waals surface area (Å²) in [6.45, 7) is 1.66. The normalized spacial score (nSPS) is 10.2. The van der Waals surface area contributed by atoms with Crippen molar-refractivity contribution in [3.8, 4) is 0 Å². The van der Waals surface area contributed by atoms with E-state index in [9.17, 15) is 9.59 Å². The minimum absolute atomic E-state index is 0. The first kappa shape index (κ1) is 13.3. The zero-order valence-corrected chi connectivity index (χ0v) is 10.3. The van der Waals surface area contributed by atoms with Gasteiger partial charge in [0.2, 0.25) is 0 Å². The standard InChI is InChI=1S/C8H7BrN4O3.H2O/c1-3-6(9)7(16)13-8(10-3)11-4(12-13)2-5(14)15;/h2H2,1H3,(H,14,15)(H,10,11,12);1H2. The Hall–Kier alpha value is -1.74. The third-order valence-corrected chi connectivity index (χ3v) is 2.88. The molecule has 0 spiro atoms. The van der Waals surface area contributed by atoms with Crippen LogP contribution in [0.5, 0.6) is 0 Å². The van der Waals surface area contributed by atoms with Crippen LogP contribution in [0.3, 0.4) is 0 Å². The lowest BCUT2D eigenvalue weighted by molar-refractivity contribution is -0.136. The van der Waals surface area contributed by atoms with Crippen LogP contribution < -0.4 is 5.56 Å². The second-order valence-electron chi connectivity index (χ2n) is 3.19. The number of carboxylic acids is 1. The Balaban J connectivity index is 0.00000144. The Morgan fingerprint density at radius 2 is 2.18 bits per heavy atom. The molecule has 4 N–H and O–H groups in total. The Bertz CT molecular complexity index is 632. The fraction of sp³-hybridized carbons (Fsp3) is 0.250. The number of aromatic nitrogens is 4. The van der Waals surface area contributed by atoms with E-state index in [0.29, 0.717) is 10.2 Å². The molecule has 2 rings (SSSR count). The van der Waals surface area contributed by atoms with E-state index in [1.54, 1.807) is 6.92 Å². The number of halogens is 1. The van der Waals surface area contributed by atoms with E-state index in [1.807, 2.05) is 0 Å². The Kier molecular flexibility index (Phi) is 3.63. The third kappa shape index (κ3) is 2.34. The fourth-order valence-electron chi connectivity index (χ4n) is 1.27. The van der Waals surface area contributed by atoms with Crippen molar-refractivity contribution in [1.29, 1.82) is 0 Å². The number of hydrogen-bond donors (Lipinski definition) is 2. The Morgan fingerprint density at radius 3 is 2.76 bits per heavy atom. The van der Waals surface area contributed by atoms with Gasteiger partial charge in [0.05, 0.1) is 5.69 Å². The molecule has 0 aromatic carbocycles. The molecule has 92 valence electrons. The van der Waals surface area contributed by atoms with Crippen LogP contribution in [0.15, 0.2) is 9.27 Å². The first-order valence-electron chi connectivity index (χ1n) is 4.34. The zero-order chi connectivity index (χ0) is 11.9. The van der Waals surface area contributed by atoms with E-state index in [0.717, 1.165) is 4.52 Å². The van der Waals surface area contributed by atoms with Crippen LogP contribution in [-0.4, -0.2) is 36.1 Å². The number of rotatable bonds is 2. The molecule has 2 aromatic heterocycles. The monoisotopic (exact) mass is 304 g/mol. The number of nitrogens with one attached hydrogen (secondary N) is 1. The Labute approximate surface area is 103 Å². The first-order chi connectivity index (χ1) is 7.49.